The molecule has 36 heavy (non-hydrogen) atoms. The highest BCUT2D eigenvalue weighted by Crippen LogP contribution is 2.20. The maximum absolute atomic E-state index is 12.9. The first-order valence-corrected chi connectivity index (χ1v) is 9.23. The van der Waals surface area contributed by atoms with Crippen molar-refractivity contribution in [3.63, 3.8) is 0 Å². The smallest absolute Gasteiger partial charge is 0.383 e. The van der Waals surface area contributed by atoms with Gasteiger partial charge in [0.05, 0.1) is 0 Å². The van der Waals surface area contributed by atoms with E-state index in [0.29, 0.717) is 18.2 Å². The van der Waals surface area contributed by atoms with E-state index in [4.69, 9.17) is 14.2 Å². The highest BCUT2D eigenvalue weighted by atomic mass is 16.9. The quantitative estimate of drug-likeness (QED) is 0.0853. The lowest BCUT2D eigenvalue weighted by atomic mass is 10.4. The second-order valence-electron chi connectivity index (χ2n) is 6.71. The highest BCUT2D eigenvalue weighted by Gasteiger charge is 2.45. The molecule has 0 radical (unpaired) electrons. The van der Waals surface area contributed by atoms with Gasteiger partial charge in [-0.05, 0) is 0 Å². The monoisotopic (exact) mass is 519 g/mol. The van der Waals surface area contributed by atoms with Crippen LogP contribution in [0, 0.1) is 0 Å². The molecule has 18 heteroatoms. The van der Waals surface area contributed by atoms with Gasteiger partial charge in [0.15, 0.2) is 6.54 Å². The Balaban J connectivity index is 4.05. The number of hydrogen-bond donors (Lipinski definition) is 6. The minimum atomic E-state index is -3.76. The van der Waals surface area contributed by atoms with Crippen LogP contribution in [-0.2, 0) is 48.2 Å². The van der Waals surface area contributed by atoms with Crippen molar-refractivity contribution in [2.24, 2.45) is 0 Å². The second-order valence-corrected chi connectivity index (χ2v) is 6.71. The highest BCUT2D eigenvalue weighted by molar-refractivity contribution is 5.85. The third-order valence-electron chi connectivity index (χ3n) is 3.75. The van der Waals surface area contributed by atoms with Gasteiger partial charge in [0.2, 0.25) is 0 Å². The third kappa shape index (κ3) is 7.94. The average Bonchev–Trinajstić information content (AvgIpc) is 2.75. The first-order chi connectivity index (χ1) is 16.4. The van der Waals surface area contributed by atoms with Gasteiger partial charge in [0, 0.05) is 18.2 Å². The maximum Gasteiger partial charge on any atom is 0.443 e. The normalized spacial score (nSPS) is 11.8. The molecule has 0 saturated heterocycles. The number of aliphatic hydroxyl groups is 6. The molecule has 0 bridgehead atoms. The third-order valence-corrected chi connectivity index (χ3v) is 3.75. The van der Waals surface area contributed by atoms with E-state index >= 15 is 0 Å². The van der Waals surface area contributed by atoms with Crippen molar-refractivity contribution in [3.05, 3.63) is 69.4 Å². The Kier molecular flexibility index (Phi) is 9.14. The largest absolute Gasteiger partial charge is 0.443 e. The standard InChI is InChI=1S/C18H21N3O15/c1-4-10(22)34-18(35-11(23)5-2,36-12(24)6-3)9-21-14(26)19(7-16(28,29)30)13(25)20(15(21)27)8-17(31,32)33/h4-6,28-33H,1-3,7-9H2. The van der Waals surface area contributed by atoms with Crippen LogP contribution in [0.4, 0.5) is 0 Å². The Morgan fingerprint density at radius 1 is 0.611 bits per heavy atom. The van der Waals surface area contributed by atoms with Gasteiger partial charge in [-0.1, -0.05) is 19.7 Å². The van der Waals surface area contributed by atoms with E-state index in [0.717, 1.165) is 0 Å². The zero-order chi connectivity index (χ0) is 28.1. The predicted molar refractivity (Wildman–Crippen MR) is 110 cm³/mol. The molecule has 1 rings (SSSR count). The Hall–Kier alpha value is -4.20. The van der Waals surface area contributed by atoms with E-state index in [-0.39, 0.29) is 13.7 Å². The van der Waals surface area contributed by atoms with Crippen molar-refractivity contribution < 1.29 is 59.2 Å². The molecule has 1 aromatic heterocycles. The Bertz CT molecular complexity index is 1130. The maximum atomic E-state index is 12.9. The molecule has 6 N–H and O–H groups in total. The summed E-state index contributed by atoms with van der Waals surface area (Å²) in [5.74, 6) is -15.2. The van der Waals surface area contributed by atoms with E-state index in [9.17, 15) is 59.4 Å². The predicted octanol–water partition coefficient (Wildman–Crippen LogP) is -5.73. The fraction of sp³-hybridized carbons (Fsp3) is 0.333. The molecule has 198 valence electrons. The van der Waals surface area contributed by atoms with E-state index in [1.165, 1.54) is 0 Å². The van der Waals surface area contributed by atoms with Crippen LogP contribution in [0.25, 0.3) is 0 Å². The van der Waals surface area contributed by atoms with Gasteiger partial charge in [0.25, 0.3) is 11.9 Å². The van der Waals surface area contributed by atoms with Crippen LogP contribution in [0.3, 0.4) is 0 Å². The van der Waals surface area contributed by atoms with Crippen LogP contribution in [0.15, 0.2) is 52.3 Å². The summed E-state index contributed by atoms with van der Waals surface area (Å²) in [6.07, 6.45) is 1.44. The number of carbonyl (C=O) groups excluding carboxylic acids is 3. The first kappa shape index (κ1) is 29.8. The summed E-state index contributed by atoms with van der Waals surface area (Å²) in [6, 6.07) is 0. The SMILES string of the molecule is C=CC(=O)OC(Cn1c(=O)n(CC(O)(O)O)c(=O)n(CC(O)(O)O)c1=O)(OC(=O)C=C)OC(=O)C=C. The summed E-state index contributed by atoms with van der Waals surface area (Å²) in [5.41, 5.74) is -5.47. The molecule has 18 nitrogen and oxygen atoms in total. The van der Waals surface area contributed by atoms with Crippen LogP contribution in [-0.4, -0.2) is 80.2 Å². The van der Waals surface area contributed by atoms with Crippen molar-refractivity contribution in [2.45, 2.75) is 37.6 Å². The van der Waals surface area contributed by atoms with Crippen molar-refractivity contribution in [1.29, 1.82) is 0 Å². The van der Waals surface area contributed by atoms with Gasteiger partial charge in [-0.25, -0.2) is 42.5 Å². The number of ether oxygens (including phenoxy) is 3. The number of aromatic nitrogens is 3. The molecule has 1 heterocycles. The topological polar surface area (TPSA) is 266 Å². The number of rotatable bonds is 12. The molecule has 0 atom stereocenters. The van der Waals surface area contributed by atoms with Gasteiger partial charge >= 0.3 is 41.0 Å². The zero-order valence-electron chi connectivity index (χ0n) is 18.2. The molecule has 0 fully saturated rings. The second kappa shape index (κ2) is 11.0. The molecular formula is C18H21N3O15. The van der Waals surface area contributed by atoms with Crippen LogP contribution in [0.1, 0.15) is 0 Å². The van der Waals surface area contributed by atoms with Crippen LogP contribution < -0.4 is 17.1 Å². The van der Waals surface area contributed by atoms with Crippen molar-refractivity contribution in [3.8, 4) is 0 Å². The van der Waals surface area contributed by atoms with E-state index < -0.39 is 72.5 Å². The van der Waals surface area contributed by atoms with E-state index in [1.807, 2.05) is 0 Å². The van der Waals surface area contributed by atoms with Crippen molar-refractivity contribution >= 4 is 17.9 Å². The van der Waals surface area contributed by atoms with Gasteiger partial charge < -0.3 is 44.8 Å². The number of hydrogen-bond acceptors (Lipinski definition) is 15. The molecule has 0 aliphatic rings. The first-order valence-electron chi connectivity index (χ1n) is 9.23. The average molecular weight is 519 g/mol. The number of carbonyl (C=O) groups is 3. The van der Waals surface area contributed by atoms with Gasteiger partial charge in [0.1, 0.15) is 13.1 Å². The molecule has 0 aliphatic carbocycles. The molecule has 0 spiro atoms. The van der Waals surface area contributed by atoms with Crippen LogP contribution >= 0.6 is 0 Å². The molecule has 0 aromatic carbocycles. The van der Waals surface area contributed by atoms with Crippen molar-refractivity contribution in [2.75, 3.05) is 0 Å². The summed E-state index contributed by atoms with van der Waals surface area (Å²) >= 11 is 0. The van der Waals surface area contributed by atoms with Crippen LogP contribution in [0.5, 0.6) is 0 Å². The summed E-state index contributed by atoms with van der Waals surface area (Å²) in [6.45, 7) is 4.27. The fourth-order valence-electron chi connectivity index (χ4n) is 2.45. The molecule has 0 unspecified atom stereocenters. The lowest BCUT2D eigenvalue weighted by Crippen LogP contribution is -2.61. The molecule has 0 amide bonds. The van der Waals surface area contributed by atoms with Gasteiger partial charge in [-0.15, -0.1) is 0 Å². The molecule has 1 aromatic rings. The lowest BCUT2D eigenvalue weighted by molar-refractivity contribution is -0.330. The minimum Gasteiger partial charge on any atom is -0.383 e. The molecule has 0 saturated carbocycles. The Morgan fingerprint density at radius 2 is 0.861 bits per heavy atom. The van der Waals surface area contributed by atoms with Crippen LogP contribution in [0.2, 0.25) is 0 Å². The van der Waals surface area contributed by atoms with Gasteiger partial charge in [-0.3, -0.25) is 0 Å². The Labute approximate surface area is 198 Å². The number of esters is 3. The van der Waals surface area contributed by atoms with Gasteiger partial charge in [-0.2, -0.15) is 0 Å². The molecular weight excluding hydrogens is 498 g/mol. The van der Waals surface area contributed by atoms with E-state index in [2.05, 4.69) is 19.7 Å². The summed E-state index contributed by atoms with van der Waals surface area (Å²) < 4.78 is 13.5. The van der Waals surface area contributed by atoms with Crippen molar-refractivity contribution in [1.82, 2.24) is 13.7 Å². The van der Waals surface area contributed by atoms with E-state index in [1.54, 1.807) is 0 Å². The summed E-state index contributed by atoms with van der Waals surface area (Å²) in [5, 5.41) is 55.3. The molecule has 0 aliphatic heterocycles. The Morgan fingerprint density at radius 3 is 1.08 bits per heavy atom. The minimum absolute atomic E-state index is 0.179. The number of nitrogens with zero attached hydrogens (tertiary/aromatic N) is 3. The zero-order valence-corrected chi connectivity index (χ0v) is 18.2. The summed E-state index contributed by atoms with van der Waals surface area (Å²) in [7, 11) is 0. The summed E-state index contributed by atoms with van der Waals surface area (Å²) in [4.78, 5) is 73.9. The lowest BCUT2D eigenvalue weighted by Gasteiger charge is -2.30. The fourth-order valence-corrected chi connectivity index (χ4v) is 2.45.